The van der Waals surface area contributed by atoms with Crippen molar-refractivity contribution >= 4 is 33.0 Å². The molecule has 1 aromatic carbocycles. The molecule has 0 aliphatic carbocycles. The summed E-state index contributed by atoms with van der Waals surface area (Å²) in [7, 11) is 0. The van der Waals surface area contributed by atoms with Crippen molar-refractivity contribution in [2.75, 3.05) is 0 Å². The summed E-state index contributed by atoms with van der Waals surface area (Å²) in [6.07, 6.45) is 4.52. The number of nitrogens with zero attached hydrogens (tertiary/aromatic N) is 3. The zero-order chi connectivity index (χ0) is 23.4. The van der Waals surface area contributed by atoms with Crippen LogP contribution in [-0.4, -0.2) is 26.1 Å². The first kappa shape index (κ1) is 23.2. The summed E-state index contributed by atoms with van der Waals surface area (Å²) in [5.41, 5.74) is 2.93. The van der Waals surface area contributed by atoms with Gasteiger partial charge in [0.15, 0.2) is 0 Å². The predicted molar refractivity (Wildman–Crippen MR) is 135 cm³/mol. The maximum atomic E-state index is 13.1. The van der Waals surface area contributed by atoms with E-state index in [4.69, 9.17) is 0 Å². The lowest BCUT2D eigenvalue weighted by atomic mass is 10.1. The molecule has 0 saturated heterocycles. The molecule has 0 radical (unpaired) electrons. The third kappa shape index (κ3) is 5.19. The average Bonchev–Trinajstić information content (AvgIpc) is 3.38. The van der Waals surface area contributed by atoms with Crippen molar-refractivity contribution in [3.63, 3.8) is 0 Å². The summed E-state index contributed by atoms with van der Waals surface area (Å²) in [6.45, 7) is 6.67. The molecule has 6 nitrogen and oxygen atoms in total. The molecule has 0 bridgehead atoms. The van der Waals surface area contributed by atoms with Crippen LogP contribution in [0.4, 0.5) is 0 Å². The van der Waals surface area contributed by atoms with Gasteiger partial charge in [0.2, 0.25) is 5.91 Å². The molecule has 0 aliphatic heterocycles. The second kappa shape index (κ2) is 10.3. The second-order valence-corrected chi connectivity index (χ2v) is 9.74. The zero-order valence-corrected chi connectivity index (χ0v) is 20.5. The standard InChI is InChI=1S/C26H32N4O2S/c1-4-20-16-21-23(33-20)17-22-26(32)29(28-24(5-2)30(21)22)15-9-12-25(31)27-18(3)13-14-19-10-7-6-8-11-19/h6-8,10-11,16-18H,4-5,9,12-15H2,1-3H3,(H,27,31)/t18-/m1/s1. The Morgan fingerprint density at radius 2 is 1.91 bits per heavy atom. The predicted octanol–water partition coefficient (Wildman–Crippen LogP) is 4.75. The normalized spacial score (nSPS) is 12.5. The highest BCUT2D eigenvalue weighted by atomic mass is 32.1. The van der Waals surface area contributed by atoms with Gasteiger partial charge in [-0.05, 0) is 50.3 Å². The summed E-state index contributed by atoms with van der Waals surface area (Å²) >= 11 is 1.74. The van der Waals surface area contributed by atoms with Gasteiger partial charge in [0, 0.05) is 30.3 Å². The van der Waals surface area contributed by atoms with Crippen molar-refractivity contribution in [2.24, 2.45) is 0 Å². The number of hydrogen-bond donors (Lipinski definition) is 1. The Kier molecular flexibility index (Phi) is 7.28. The molecular weight excluding hydrogens is 432 g/mol. The Bertz CT molecular complexity index is 1300. The molecule has 1 N–H and O–H groups in total. The highest BCUT2D eigenvalue weighted by Crippen LogP contribution is 2.29. The molecule has 7 heteroatoms. The third-order valence-corrected chi connectivity index (χ3v) is 7.26. The highest BCUT2D eigenvalue weighted by molar-refractivity contribution is 7.19. The summed E-state index contributed by atoms with van der Waals surface area (Å²) in [4.78, 5) is 26.8. The first-order valence-corrected chi connectivity index (χ1v) is 12.7. The highest BCUT2D eigenvalue weighted by Gasteiger charge is 2.16. The van der Waals surface area contributed by atoms with Crippen LogP contribution in [0.25, 0.3) is 15.7 Å². The van der Waals surface area contributed by atoms with Gasteiger partial charge in [-0.2, -0.15) is 5.10 Å². The molecule has 1 atom stereocenters. The van der Waals surface area contributed by atoms with E-state index in [1.165, 1.54) is 15.1 Å². The minimum Gasteiger partial charge on any atom is -0.354 e. The molecule has 0 saturated carbocycles. The Hall–Kier alpha value is -2.93. The van der Waals surface area contributed by atoms with Gasteiger partial charge in [-0.25, -0.2) is 4.68 Å². The minimum absolute atomic E-state index is 0.0238. The number of aromatic nitrogens is 3. The monoisotopic (exact) mass is 464 g/mol. The van der Waals surface area contributed by atoms with Gasteiger partial charge in [0.25, 0.3) is 5.56 Å². The number of thiophene rings is 1. The van der Waals surface area contributed by atoms with Crippen molar-refractivity contribution in [1.29, 1.82) is 0 Å². The number of hydrogen-bond acceptors (Lipinski definition) is 4. The number of amides is 1. The fraction of sp³-hybridized carbons (Fsp3) is 0.423. The SMILES string of the molecule is CCc1cc2c(cc3c(=O)n(CCCC(=O)N[C@H](C)CCc4ccccc4)nc(CC)n32)s1. The van der Waals surface area contributed by atoms with Crippen LogP contribution >= 0.6 is 11.3 Å². The van der Waals surface area contributed by atoms with Crippen LogP contribution in [0.15, 0.2) is 47.3 Å². The van der Waals surface area contributed by atoms with Crippen molar-refractivity contribution in [3.8, 4) is 0 Å². The molecule has 174 valence electrons. The van der Waals surface area contributed by atoms with Gasteiger partial charge in [-0.15, -0.1) is 11.3 Å². The topological polar surface area (TPSA) is 68.4 Å². The Labute approximate surface area is 198 Å². The van der Waals surface area contributed by atoms with Crippen LogP contribution in [0, 0.1) is 0 Å². The number of carbonyl (C=O) groups is 1. The Morgan fingerprint density at radius 3 is 2.64 bits per heavy atom. The number of aryl methyl sites for hydroxylation is 4. The molecule has 0 spiro atoms. The fourth-order valence-corrected chi connectivity index (χ4v) is 5.25. The van der Waals surface area contributed by atoms with Crippen molar-refractivity contribution < 1.29 is 4.79 Å². The van der Waals surface area contributed by atoms with Crippen LogP contribution in [0.5, 0.6) is 0 Å². The molecular formula is C26H32N4O2S. The molecule has 0 fully saturated rings. The van der Waals surface area contributed by atoms with E-state index in [9.17, 15) is 9.59 Å². The minimum atomic E-state index is -0.0923. The lowest BCUT2D eigenvalue weighted by molar-refractivity contribution is -0.121. The third-order valence-electron chi connectivity index (χ3n) is 6.04. The van der Waals surface area contributed by atoms with Gasteiger partial charge in [-0.1, -0.05) is 44.2 Å². The maximum Gasteiger partial charge on any atom is 0.291 e. The smallest absolute Gasteiger partial charge is 0.291 e. The van der Waals surface area contributed by atoms with Crippen LogP contribution in [0.2, 0.25) is 0 Å². The van der Waals surface area contributed by atoms with E-state index in [2.05, 4.69) is 42.5 Å². The summed E-state index contributed by atoms with van der Waals surface area (Å²) in [6, 6.07) is 14.6. The lowest BCUT2D eigenvalue weighted by Gasteiger charge is -2.14. The van der Waals surface area contributed by atoms with Crippen LogP contribution in [0.3, 0.4) is 0 Å². The first-order chi connectivity index (χ1) is 16.0. The number of fused-ring (bicyclic) bond motifs is 3. The zero-order valence-electron chi connectivity index (χ0n) is 19.6. The quantitative estimate of drug-likeness (QED) is 0.368. The summed E-state index contributed by atoms with van der Waals surface area (Å²) < 4.78 is 4.66. The van der Waals surface area contributed by atoms with Gasteiger partial charge >= 0.3 is 0 Å². The van der Waals surface area contributed by atoms with Gasteiger partial charge in [-0.3, -0.25) is 14.0 Å². The summed E-state index contributed by atoms with van der Waals surface area (Å²) in [5, 5.41) is 7.72. The van der Waals surface area contributed by atoms with E-state index >= 15 is 0 Å². The van der Waals surface area contributed by atoms with Gasteiger partial charge < -0.3 is 5.32 Å². The second-order valence-electron chi connectivity index (χ2n) is 8.58. The molecule has 3 heterocycles. The van der Waals surface area contributed by atoms with E-state index in [1.54, 1.807) is 11.3 Å². The fourth-order valence-electron chi connectivity index (χ4n) is 4.23. The molecule has 4 rings (SSSR count). The number of nitrogens with one attached hydrogen (secondary N) is 1. The molecule has 1 amide bonds. The molecule has 3 aromatic heterocycles. The first-order valence-electron chi connectivity index (χ1n) is 11.9. The van der Waals surface area contributed by atoms with Crippen LogP contribution in [-0.2, 0) is 30.6 Å². The van der Waals surface area contributed by atoms with E-state index in [1.807, 2.05) is 35.6 Å². The van der Waals surface area contributed by atoms with E-state index < -0.39 is 0 Å². The van der Waals surface area contributed by atoms with E-state index in [-0.39, 0.29) is 17.5 Å². The van der Waals surface area contributed by atoms with E-state index in [0.29, 0.717) is 24.9 Å². The van der Waals surface area contributed by atoms with Gasteiger partial charge in [0.05, 0.1) is 10.2 Å². The average molecular weight is 465 g/mol. The molecule has 4 aromatic rings. The number of benzene rings is 1. The number of carbonyl (C=O) groups excluding carboxylic acids is 1. The Balaban J connectivity index is 1.37. The van der Waals surface area contributed by atoms with Crippen molar-refractivity contribution in [3.05, 3.63) is 69.1 Å². The van der Waals surface area contributed by atoms with Gasteiger partial charge in [0.1, 0.15) is 11.3 Å². The Morgan fingerprint density at radius 1 is 1.12 bits per heavy atom. The number of rotatable bonds is 10. The summed E-state index contributed by atoms with van der Waals surface area (Å²) in [5.74, 6) is 0.898. The van der Waals surface area contributed by atoms with Crippen LogP contribution < -0.4 is 10.9 Å². The van der Waals surface area contributed by atoms with Crippen molar-refractivity contribution in [2.45, 2.75) is 71.9 Å². The molecule has 0 aliphatic rings. The molecule has 0 unspecified atom stereocenters. The lowest BCUT2D eigenvalue weighted by Crippen LogP contribution is -2.33. The largest absolute Gasteiger partial charge is 0.354 e. The van der Waals surface area contributed by atoms with Crippen LogP contribution in [0.1, 0.15) is 56.3 Å². The maximum absolute atomic E-state index is 13.1. The molecule has 33 heavy (non-hydrogen) atoms. The van der Waals surface area contributed by atoms with Crippen molar-refractivity contribution in [1.82, 2.24) is 19.5 Å². The van der Waals surface area contributed by atoms with E-state index in [0.717, 1.165) is 41.7 Å².